The zero-order chi connectivity index (χ0) is 13.5. The summed E-state index contributed by atoms with van der Waals surface area (Å²) in [7, 11) is 0. The van der Waals surface area contributed by atoms with Crippen molar-refractivity contribution in [3.8, 4) is 0 Å². The van der Waals surface area contributed by atoms with Gasteiger partial charge in [-0.3, -0.25) is 4.90 Å². The fourth-order valence-electron chi connectivity index (χ4n) is 2.91. The minimum atomic E-state index is 0.869. The number of likely N-dealkylation sites (tertiary alicyclic amines) is 1. The van der Waals surface area contributed by atoms with Gasteiger partial charge >= 0.3 is 0 Å². The highest BCUT2D eigenvalue weighted by Crippen LogP contribution is 2.18. The Hall–Kier alpha value is -0.860. The Morgan fingerprint density at radius 1 is 1.21 bits per heavy atom. The minimum absolute atomic E-state index is 0.869. The lowest BCUT2D eigenvalue weighted by atomic mass is 9.99. The summed E-state index contributed by atoms with van der Waals surface area (Å²) >= 11 is 0. The van der Waals surface area contributed by atoms with E-state index in [9.17, 15) is 0 Å². The molecule has 1 aliphatic rings. The van der Waals surface area contributed by atoms with E-state index in [1.54, 1.807) is 0 Å². The molecule has 1 fully saturated rings. The predicted molar refractivity (Wildman–Crippen MR) is 82.4 cm³/mol. The number of piperidine rings is 1. The second-order valence-corrected chi connectivity index (χ2v) is 5.90. The number of nitrogens with zero attached hydrogens (tertiary/aromatic N) is 1. The van der Waals surface area contributed by atoms with Crippen molar-refractivity contribution < 1.29 is 0 Å². The fourth-order valence-corrected chi connectivity index (χ4v) is 2.91. The lowest BCUT2D eigenvalue weighted by Gasteiger charge is -2.30. The van der Waals surface area contributed by atoms with Crippen molar-refractivity contribution in [2.24, 2.45) is 5.92 Å². The predicted octanol–water partition coefficient (Wildman–Crippen LogP) is 3.07. The van der Waals surface area contributed by atoms with Crippen molar-refractivity contribution in [1.29, 1.82) is 0 Å². The van der Waals surface area contributed by atoms with Gasteiger partial charge in [0.1, 0.15) is 0 Å². The highest BCUT2D eigenvalue weighted by atomic mass is 15.1. The van der Waals surface area contributed by atoms with Crippen molar-refractivity contribution in [2.45, 2.75) is 39.7 Å². The zero-order valence-corrected chi connectivity index (χ0v) is 12.5. The van der Waals surface area contributed by atoms with E-state index in [0.29, 0.717) is 0 Å². The molecule has 1 saturated heterocycles. The summed E-state index contributed by atoms with van der Waals surface area (Å²) in [6, 6.07) is 9.20. The SMILES string of the molecule is CCNCCc1ccc(CN2CCCC(C)C2)cc1. The molecular formula is C17H28N2. The van der Waals surface area contributed by atoms with Gasteiger partial charge in [0.25, 0.3) is 0 Å². The number of likely N-dealkylation sites (N-methyl/N-ethyl adjacent to an activating group) is 1. The Balaban J connectivity index is 1.81. The van der Waals surface area contributed by atoms with Crippen molar-refractivity contribution in [3.63, 3.8) is 0 Å². The molecule has 2 nitrogen and oxygen atoms in total. The molecular weight excluding hydrogens is 232 g/mol. The van der Waals surface area contributed by atoms with Crippen LogP contribution >= 0.6 is 0 Å². The first-order valence-corrected chi connectivity index (χ1v) is 7.79. The van der Waals surface area contributed by atoms with Crippen molar-refractivity contribution >= 4 is 0 Å². The average molecular weight is 260 g/mol. The van der Waals surface area contributed by atoms with Crippen LogP contribution in [-0.2, 0) is 13.0 Å². The van der Waals surface area contributed by atoms with E-state index in [1.807, 2.05) is 0 Å². The van der Waals surface area contributed by atoms with Gasteiger partial charge < -0.3 is 5.32 Å². The zero-order valence-electron chi connectivity index (χ0n) is 12.5. The molecule has 1 aromatic carbocycles. The van der Waals surface area contributed by atoms with E-state index in [0.717, 1.165) is 32.0 Å². The number of nitrogens with one attached hydrogen (secondary N) is 1. The van der Waals surface area contributed by atoms with Gasteiger partial charge in [0.05, 0.1) is 0 Å². The third-order valence-electron chi connectivity index (χ3n) is 4.01. The van der Waals surface area contributed by atoms with E-state index in [1.165, 1.54) is 37.1 Å². The third kappa shape index (κ3) is 4.96. The van der Waals surface area contributed by atoms with E-state index in [-0.39, 0.29) is 0 Å². The molecule has 0 aliphatic carbocycles. The van der Waals surface area contributed by atoms with Gasteiger partial charge in [0.2, 0.25) is 0 Å². The summed E-state index contributed by atoms with van der Waals surface area (Å²) in [6.07, 6.45) is 3.90. The minimum Gasteiger partial charge on any atom is -0.317 e. The van der Waals surface area contributed by atoms with Crippen LogP contribution in [-0.4, -0.2) is 31.1 Å². The van der Waals surface area contributed by atoms with E-state index < -0.39 is 0 Å². The fraction of sp³-hybridized carbons (Fsp3) is 0.647. The summed E-state index contributed by atoms with van der Waals surface area (Å²) in [5.74, 6) is 0.869. The summed E-state index contributed by atoms with van der Waals surface area (Å²) in [4.78, 5) is 2.60. The molecule has 1 aromatic rings. The Morgan fingerprint density at radius 2 is 1.95 bits per heavy atom. The van der Waals surface area contributed by atoms with Crippen LogP contribution in [0.1, 0.15) is 37.8 Å². The number of hydrogen-bond donors (Lipinski definition) is 1. The Bertz CT molecular complexity index is 358. The molecule has 0 spiro atoms. The highest BCUT2D eigenvalue weighted by Gasteiger charge is 2.15. The molecule has 1 N–H and O–H groups in total. The van der Waals surface area contributed by atoms with Gasteiger partial charge in [-0.15, -0.1) is 0 Å². The molecule has 2 rings (SSSR count). The lowest BCUT2D eigenvalue weighted by molar-refractivity contribution is 0.176. The molecule has 1 atom stereocenters. The molecule has 19 heavy (non-hydrogen) atoms. The molecule has 2 heteroatoms. The van der Waals surface area contributed by atoms with Crippen LogP contribution < -0.4 is 5.32 Å². The van der Waals surface area contributed by atoms with Gasteiger partial charge in [-0.25, -0.2) is 0 Å². The number of rotatable bonds is 6. The standard InChI is InChI=1S/C17H28N2/c1-3-18-11-10-16-6-8-17(9-7-16)14-19-12-4-5-15(2)13-19/h6-9,15,18H,3-5,10-14H2,1-2H3. The Morgan fingerprint density at radius 3 is 2.63 bits per heavy atom. The maximum absolute atomic E-state index is 3.37. The lowest BCUT2D eigenvalue weighted by Crippen LogP contribution is -2.33. The second kappa shape index (κ2) is 7.66. The largest absolute Gasteiger partial charge is 0.317 e. The van der Waals surface area contributed by atoms with Crippen LogP contribution in [0.4, 0.5) is 0 Å². The van der Waals surface area contributed by atoms with Crippen LogP contribution in [0.2, 0.25) is 0 Å². The first kappa shape index (κ1) is 14.5. The molecule has 1 unspecified atom stereocenters. The van der Waals surface area contributed by atoms with Crippen LogP contribution in [0.25, 0.3) is 0 Å². The number of hydrogen-bond acceptors (Lipinski definition) is 2. The summed E-state index contributed by atoms with van der Waals surface area (Å²) in [5, 5.41) is 3.37. The van der Waals surface area contributed by atoms with E-state index in [4.69, 9.17) is 0 Å². The Labute approximate surface area is 118 Å². The third-order valence-corrected chi connectivity index (χ3v) is 4.01. The number of benzene rings is 1. The maximum Gasteiger partial charge on any atom is 0.0233 e. The molecule has 106 valence electrons. The molecule has 0 amide bonds. The highest BCUT2D eigenvalue weighted by molar-refractivity contribution is 5.22. The van der Waals surface area contributed by atoms with Crippen LogP contribution in [0.5, 0.6) is 0 Å². The van der Waals surface area contributed by atoms with Gasteiger partial charge in [-0.1, -0.05) is 38.1 Å². The van der Waals surface area contributed by atoms with Gasteiger partial charge in [0, 0.05) is 13.1 Å². The first-order chi connectivity index (χ1) is 9.28. The van der Waals surface area contributed by atoms with Gasteiger partial charge in [0.15, 0.2) is 0 Å². The maximum atomic E-state index is 3.37. The monoisotopic (exact) mass is 260 g/mol. The molecule has 0 radical (unpaired) electrons. The quantitative estimate of drug-likeness (QED) is 0.791. The first-order valence-electron chi connectivity index (χ1n) is 7.79. The van der Waals surface area contributed by atoms with Crippen LogP contribution in [0, 0.1) is 5.92 Å². The van der Waals surface area contributed by atoms with Crippen LogP contribution in [0.3, 0.4) is 0 Å². The van der Waals surface area contributed by atoms with E-state index in [2.05, 4.69) is 48.3 Å². The van der Waals surface area contributed by atoms with E-state index >= 15 is 0 Å². The van der Waals surface area contributed by atoms with Crippen molar-refractivity contribution in [2.75, 3.05) is 26.2 Å². The summed E-state index contributed by atoms with van der Waals surface area (Å²) in [5.41, 5.74) is 2.90. The Kier molecular flexibility index (Phi) is 5.87. The molecule has 1 heterocycles. The van der Waals surface area contributed by atoms with Crippen molar-refractivity contribution in [3.05, 3.63) is 35.4 Å². The molecule has 0 saturated carbocycles. The van der Waals surface area contributed by atoms with Gasteiger partial charge in [-0.2, -0.15) is 0 Å². The molecule has 0 bridgehead atoms. The summed E-state index contributed by atoms with van der Waals surface area (Å²) < 4.78 is 0. The smallest absolute Gasteiger partial charge is 0.0233 e. The van der Waals surface area contributed by atoms with Crippen LogP contribution in [0.15, 0.2) is 24.3 Å². The van der Waals surface area contributed by atoms with Gasteiger partial charge in [-0.05, 0) is 55.9 Å². The topological polar surface area (TPSA) is 15.3 Å². The average Bonchev–Trinajstić information content (AvgIpc) is 2.41. The van der Waals surface area contributed by atoms with Crippen molar-refractivity contribution in [1.82, 2.24) is 10.2 Å². The normalized spacial score (nSPS) is 20.6. The molecule has 0 aromatic heterocycles. The summed E-state index contributed by atoms with van der Waals surface area (Å²) in [6.45, 7) is 10.3. The second-order valence-electron chi connectivity index (χ2n) is 5.90. The molecule has 1 aliphatic heterocycles.